The quantitative estimate of drug-likeness (QED) is 0.345. The van der Waals surface area contributed by atoms with Gasteiger partial charge in [0.15, 0.2) is 11.0 Å². The third-order valence-corrected chi connectivity index (χ3v) is 5.61. The number of rotatable bonds is 7. The van der Waals surface area contributed by atoms with Crippen LogP contribution in [0.1, 0.15) is 6.92 Å². The number of aromatic nitrogens is 3. The van der Waals surface area contributed by atoms with Crippen LogP contribution in [0.4, 0.5) is 11.4 Å². The highest BCUT2D eigenvalue weighted by atomic mass is 35.5. The van der Waals surface area contributed by atoms with E-state index in [9.17, 15) is 14.9 Å². The lowest BCUT2D eigenvalue weighted by molar-refractivity contribution is -0.383. The molecule has 0 bridgehead atoms. The van der Waals surface area contributed by atoms with Crippen LogP contribution in [0.25, 0.3) is 10.7 Å². The van der Waals surface area contributed by atoms with E-state index in [2.05, 4.69) is 15.5 Å². The van der Waals surface area contributed by atoms with Crippen molar-refractivity contribution in [2.45, 2.75) is 18.6 Å². The fourth-order valence-corrected chi connectivity index (χ4v) is 4.03. The number of benzene rings is 1. The Kier molecular flexibility index (Phi) is 6.09. The third kappa shape index (κ3) is 4.46. The lowest BCUT2D eigenvalue weighted by Crippen LogP contribution is -2.15. The Morgan fingerprint density at radius 3 is 2.89 bits per heavy atom. The van der Waals surface area contributed by atoms with Gasteiger partial charge in [0.2, 0.25) is 5.91 Å². The Bertz CT molecular complexity index is 975. The Labute approximate surface area is 167 Å². The molecular weight excluding hydrogens is 410 g/mol. The fraction of sp³-hybridized carbons (Fsp3) is 0.188. The molecule has 27 heavy (non-hydrogen) atoms. The molecule has 0 aliphatic carbocycles. The van der Waals surface area contributed by atoms with Crippen LogP contribution in [0.3, 0.4) is 0 Å². The molecule has 3 rings (SSSR count). The van der Waals surface area contributed by atoms with E-state index >= 15 is 0 Å². The van der Waals surface area contributed by atoms with Crippen molar-refractivity contribution < 1.29 is 9.72 Å². The van der Waals surface area contributed by atoms with E-state index in [0.717, 1.165) is 10.7 Å². The lowest BCUT2D eigenvalue weighted by atomic mass is 10.2. The highest BCUT2D eigenvalue weighted by molar-refractivity contribution is 7.99. The predicted molar refractivity (Wildman–Crippen MR) is 106 cm³/mol. The summed E-state index contributed by atoms with van der Waals surface area (Å²) in [6, 6.07) is 7.99. The average Bonchev–Trinajstić information content (AvgIpc) is 3.30. The maximum atomic E-state index is 12.2. The van der Waals surface area contributed by atoms with Crippen LogP contribution in [0.5, 0.6) is 0 Å². The first kappa shape index (κ1) is 19.3. The summed E-state index contributed by atoms with van der Waals surface area (Å²) in [5.41, 5.74) is -0.149. The summed E-state index contributed by atoms with van der Waals surface area (Å²) in [4.78, 5) is 23.8. The standard InChI is InChI=1S/C16H14ClN5O3S2/c1-2-21-15(13-4-3-7-26-13)19-20-16(21)27-9-14(23)18-11-6-5-10(17)8-12(11)22(24)25/h3-8H,2,9H2,1H3,(H,18,23). The van der Waals surface area contributed by atoms with Gasteiger partial charge in [0.25, 0.3) is 5.69 Å². The van der Waals surface area contributed by atoms with E-state index in [1.165, 1.54) is 30.0 Å². The molecule has 1 aromatic carbocycles. The number of anilines is 1. The smallest absolute Gasteiger partial charge is 0.294 e. The van der Waals surface area contributed by atoms with E-state index in [4.69, 9.17) is 11.6 Å². The van der Waals surface area contributed by atoms with Gasteiger partial charge in [-0.1, -0.05) is 29.4 Å². The number of thiophene rings is 1. The van der Waals surface area contributed by atoms with Crippen molar-refractivity contribution in [1.82, 2.24) is 14.8 Å². The highest BCUT2D eigenvalue weighted by Gasteiger charge is 2.18. The van der Waals surface area contributed by atoms with Crippen molar-refractivity contribution >= 4 is 52.0 Å². The summed E-state index contributed by atoms with van der Waals surface area (Å²) in [6.45, 7) is 2.63. The van der Waals surface area contributed by atoms with E-state index in [0.29, 0.717) is 11.7 Å². The van der Waals surface area contributed by atoms with Crippen molar-refractivity contribution in [2.75, 3.05) is 11.1 Å². The molecule has 0 fully saturated rings. The molecule has 2 aromatic heterocycles. The molecule has 1 N–H and O–H groups in total. The maximum Gasteiger partial charge on any atom is 0.294 e. The summed E-state index contributed by atoms with van der Waals surface area (Å²) in [7, 11) is 0. The minimum atomic E-state index is -0.588. The molecule has 8 nitrogen and oxygen atoms in total. The number of carbonyl (C=O) groups is 1. The van der Waals surface area contributed by atoms with Crippen LogP contribution >= 0.6 is 34.7 Å². The van der Waals surface area contributed by atoms with Gasteiger partial charge < -0.3 is 9.88 Å². The largest absolute Gasteiger partial charge is 0.320 e. The molecule has 0 aliphatic heterocycles. The van der Waals surface area contributed by atoms with Crippen molar-refractivity contribution in [3.05, 3.63) is 50.8 Å². The number of carbonyl (C=O) groups excluding carboxylic acids is 1. The zero-order valence-electron chi connectivity index (χ0n) is 14.1. The molecular formula is C16H14ClN5O3S2. The molecule has 2 heterocycles. The number of halogens is 1. The number of hydrogen-bond donors (Lipinski definition) is 1. The summed E-state index contributed by atoms with van der Waals surface area (Å²) in [6.07, 6.45) is 0. The Balaban J connectivity index is 1.69. The SMILES string of the molecule is CCn1c(SCC(=O)Nc2ccc(Cl)cc2[N+](=O)[O-])nnc1-c1cccs1. The Hall–Kier alpha value is -2.43. The van der Waals surface area contributed by atoms with Crippen molar-refractivity contribution in [2.24, 2.45) is 0 Å². The lowest BCUT2D eigenvalue weighted by Gasteiger charge is -2.07. The van der Waals surface area contributed by atoms with Crippen LogP contribution in [-0.4, -0.2) is 31.3 Å². The van der Waals surface area contributed by atoms with E-state index in [-0.39, 0.29) is 28.1 Å². The van der Waals surface area contributed by atoms with Crippen LogP contribution in [-0.2, 0) is 11.3 Å². The average molecular weight is 424 g/mol. The fourth-order valence-electron chi connectivity index (χ4n) is 2.35. The van der Waals surface area contributed by atoms with Gasteiger partial charge in [-0.3, -0.25) is 14.9 Å². The number of nitrogens with zero attached hydrogens (tertiary/aromatic N) is 4. The van der Waals surface area contributed by atoms with Crippen molar-refractivity contribution in [1.29, 1.82) is 0 Å². The summed E-state index contributed by atoms with van der Waals surface area (Å²) < 4.78 is 1.93. The Morgan fingerprint density at radius 2 is 2.22 bits per heavy atom. The highest BCUT2D eigenvalue weighted by Crippen LogP contribution is 2.29. The molecule has 1 amide bonds. The first-order valence-electron chi connectivity index (χ1n) is 7.83. The molecule has 11 heteroatoms. The van der Waals surface area contributed by atoms with Gasteiger partial charge in [-0.2, -0.15) is 0 Å². The molecule has 140 valence electrons. The van der Waals surface area contributed by atoms with Gasteiger partial charge in [0.1, 0.15) is 5.69 Å². The minimum Gasteiger partial charge on any atom is -0.320 e. The van der Waals surface area contributed by atoms with Gasteiger partial charge in [0, 0.05) is 17.6 Å². The zero-order valence-corrected chi connectivity index (χ0v) is 16.5. The zero-order chi connectivity index (χ0) is 19.4. The van der Waals surface area contributed by atoms with Crippen LogP contribution < -0.4 is 5.32 Å². The number of thioether (sulfide) groups is 1. The van der Waals surface area contributed by atoms with Crippen LogP contribution in [0, 0.1) is 10.1 Å². The minimum absolute atomic E-state index is 0.0440. The van der Waals surface area contributed by atoms with Gasteiger partial charge in [-0.15, -0.1) is 21.5 Å². The van der Waals surface area contributed by atoms with Gasteiger partial charge in [0.05, 0.1) is 15.6 Å². The first-order chi connectivity index (χ1) is 13.0. The molecule has 3 aromatic rings. The number of nitro groups is 1. The maximum absolute atomic E-state index is 12.2. The monoisotopic (exact) mass is 423 g/mol. The van der Waals surface area contributed by atoms with Crippen LogP contribution in [0.15, 0.2) is 40.9 Å². The van der Waals surface area contributed by atoms with Gasteiger partial charge in [-0.05, 0) is 30.5 Å². The normalized spacial score (nSPS) is 10.7. The molecule has 0 saturated carbocycles. The topological polar surface area (TPSA) is 103 Å². The summed E-state index contributed by atoms with van der Waals surface area (Å²) in [5.74, 6) is 0.417. The van der Waals surface area contributed by atoms with Gasteiger partial charge in [-0.25, -0.2) is 0 Å². The van der Waals surface area contributed by atoms with Crippen molar-refractivity contribution in [3.8, 4) is 10.7 Å². The third-order valence-electron chi connectivity index (χ3n) is 3.54. The van der Waals surface area contributed by atoms with Crippen molar-refractivity contribution in [3.63, 3.8) is 0 Å². The molecule has 0 atom stereocenters. The summed E-state index contributed by atoms with van der Waals surface area (Å²) in [5, 5.41) is 24.8. The van der Waals surface area contributed by atoms with Gasteiger partial charge >= 0.3 is 0 Å². The number of hydrogen-bond acceptors (Lipinski definition) is 7. The molecule has 0 aliphatic rings. The second-order valence-electron chi connectivity index (χ2n) is 5.28. The second-order valence-corrected chi connectivity index (χ2v) is 7.61. The molecule has 0 saturated heterocycles. The Morgan fingerprint density at radius 1 is 1.41 bits per heavy atom. The number of nitrogens with one attached hydrogen (secondary N) is 1. The number of nitro benzene ring substituents is 1. The second kappa shape index (κ2) is 8.51. The number of amides is 1. The molecule has 0 radical (unpaired) electrons. The molecule has 0 unspecified atom stereocenters. The predicted octanol–water partition coefficient (Wildman–Crippen LogP) is 4.32. The first-order valence-corrected chi connectivity index (χ1v) is 10.1. The van der Waals surface area contributed by atoms with Crippen LogP contribution in [0.2, 0.25) is 5.02 Å². The van der Waals surface area contributed by atoms with E-state index in [1.807, 2.05) is 29.0 Å². The van der Waals surface area contributed by atoms with E-state index < -0.39 is 4.92 Å². The van der Waals surface area contributed by atoms with E-state index in [1.54, 1.807) is 11.3 Å². The molecule has 0 spiro atoms. The summed E-state index contributed by atoms with van der Waals surface area (Å²) >= 11 is 8.56.